The fourth-order valence-corrected chi connectivity index (χ4v) is 2.56. The third-order valence-corrected chi connectivity index (χ3v) is 3.79. The van der Waals surface area contributed by atoms with Crippen LogP contribution in [0.15, 0.2) is 30.3 Å². The van der Waals surface area contributed by atoms with Gasteiger partial charge in [0.25, 0.3) is 0 Å². The van der Waals surface area contributed by atoms with Gasteiger partial charge in [0, 0.05) is 32.5 Å². The molecule has 0 saturated carbocycles. The zero-order valence-corrected chi connectivity index (χ0v) is 12.5. The van der Waals surface area contributed by atoms with Crippen molar-refractivity contribution in [2.75, 3.05) is 13.1 Å². The standard InChI is InChI=1S/C12H15NO.C5H9NO/c14-12-8-4-5-9-13(12)10-11-6-2-1-3-7-11;7-5-3-1-2-4-6-5/h1-3,6-7H,4-5,8-10H2;1-4H2,(H,6,7). The van der Waals surface area contributed by atoms with Crippen molar-refractivity contribution in [3.63, 3.8) is 0 Å². The summed E-state index contributed by atoms with van der Waals surface area (Å²) in [6.07, 6.45) is 5.91. The Morgan fingerprint density at radius 1 is 0.952 bits per heavy atom. The number of benzene rings is 1. The monoisotopic (exact) mass is 288 g/mol. The quantitative estimate of drug-likeness (QED) is 0.909. The highest BCUT2D eigenvalue weighted by atomic mass is 16.2. The molecule has 0 radical (unpaired) electrons. The number of hydrogen-bond donors (Lipinski definition) is 1. The van der Waals surface area contributed by atoms with E-state index in [0.717, 1.165) is 58.2 Å². The molecule has 2 aliphatic rings. The van der Waals surface area contributed by atoms with Crippen LogP contribution >= 0.6 is 0 Å². The average molecular weight is 288 g/mol. The maximum Gasteiger partial charge on any atom is 0.222 e. The first-order chi connectivity index (χ1) is 10.3. The number of carbonyl (C=O) groups excluding carboxylic acids is 2. The maximum absolute atomic E-state index is 11.5. The summed E-state index contributed by atoms with van der Waals surface area (Å²) < 4.78 is 0. The lowest BCUT2D eigenvalue weighted by Crippen LogP contribution is -2.34. The predicted octanol–water partition coefficient (Wildman–Crippen LogP) is 2.49. The molecule has 4 heteroatoms. The summed E-state index contributed by atoms with van der Waals surface area (Å²) >= 11 is 0. The second kappa shape index (κ2) is 8.45. The highest BCUT2D eigenvalue weighted by Gasteiger charge is 2.17. The van der Waals surface area contributed by atoms with Gasteiger partial charge in [-0.15, -0.1) is 0 Å². The van der Waals surface area contributed by atoms with Gasteiger partial charge >= 0.3 is 0 Å². The Labute approximate surface area is 126 Å². The maximum atomic E-state index is 11.5. The Bertz CT molecular complexity index is 451. The Hall–Kier alpha value is -1.84. The second-order valence-corrected chi connectivity index (χ2v) is 5.57. The van der Waals surface area contributed by atoms with Gasteiger partial charge in [0.05, 0.1) is 0 Å². The van der Waals surface area contributed by atoms with Crippen LogP contribution < -0.4 is 5.32 Å². The molecule has 0 spiro atoms. The van der Waals surface area contributed by atoms with Gasteiger partial charge in [-0.3, -0.25) is 9.59 Å². The van der Waals surface area contributed by atoms with E-state index in [2.05, 4.69) is 17.4 Å². The van der Waals surface area contributed by atoms with Gasteiger partial charge in [0.15, 0.2) is 0 Å². The Kier molecular flexibility index (Phi) is 6.25. The van der Waals surface area contributed by atoms with E-state index in [-0.39, 0.29) is 5.91 Å². The minimum Gasteiger partial charge on any atom is -0.356 e. The topological polar surface area (TPSA) is 49.4 Å². The van der Waals surface area contributed by atoms with Gasteiger partial charge in [0.2, 0.25) is 11.8 Å². The predicted molar refractivity (Wildman–Crippen MR) is 82.6 cm³/mol. The largest absolute Gasteiger partial charge is 0.356 e. The molecule has 1 aromatic carbocycles. The summed E-state index contributed by atoms with van der Waals surface area (Å²) in [5.41, 5.74) is 1.22. The van der Waals surface area contributed by atoms with Crippen LogP contribution in [0.1, 0.15) is 44.1 Å². The molecular weight excluding hydrogens is 264 g/mol. The lowest BCUT2D eigenvalue weighted by atomic mass is 10.1. The van der Waals surface area contributed by atoms with Crippen molar-refractivity contribution in [3.8, 4) is 0 Å². The van der Waals surface area contributed by atoms with E-state index >= 15 is 0 Å². The summed E-state index contributed by atoms with van der Waals surface area (Å²) in [4.78, 5) is 23.8. The van der Waals surface area contributed by atoms with Crippen LogP contribution in [0.3, 0.4) is 0 Å². The summed E-state index contributed by atoms with van der Waals surface area (Å²) in [7, 11) is 0. The van der Waals surface area contributed by atoms with Crippen molar-refractivity contribution in [1.82, 2.24) is 10.2 Å². The molecule has 4 nitrogen and oxygen atoms in total. The van der Waals surface area contributed by atoms with Crippen molar-refractivity contribution >= 4 is 11.8 Å². The molecule has 21 heavy (non-hydrogen) atoms. The molecule has 0 bridgehead atoms. The van der Waals surface area contributed by atoms with E-state index in [1.165, 1.54) is 5.56 Å². The fourth-order valence-electron chi connectivity index (χ4n) is 2.56. The Balaban J connectivity index is 0.000000194. The highest BCUT2D eigenvalue weighted by molar-refractivity contribution is 5.77. The van der Waals surface area contributed by atoms with Crippen LogP contribution in [0.2, 0.25) is 0 Å². The van der Waals surface area contributed by atoms with Gasteiger partial charge < -0.3 is 10.2 Å². The molecule has 2 aliphatic heterocycles. The molecule has 3 rings (SSSR count). The van der Waals surface area contributed by atoms with Crippen molar-refractivity contribution in [2.45, 2.75) is 45.1 Å². The van der Waals surface area contributed by atoms with Crippen LogP contribution in [-0.4, -0.2) is 29.8 Å². The molecule has 0 aromatic heterocycles. The van der Waals surface area contributed by atoms with Crippen LogP contribution in [0.4, 0.5) is 0 Å². The number of amides is 2. The number of likely N-dealkylation sites (tertiary alicyclic amines) is 1. The van der Waals surface area contributed by atoms with Gasteiger partial charge in [-0.2, -0.15) is 0 Å². The average Bonchev–Trinajstić information content (AvgIpc) is 2.52. The van der Waals surface area contributed by atoms with Crippen molar-refractivity contribution < 1.29 is 9.59 Å². The van der Waals surface area contributed by atoms with Gasteiger partial charge in [-0.1, -0.05) is 30.3 Å². The molecule has 0 atom stereocenters. The van der Waals surface area contributed by atoms with Gasteiger partial charge in [-0.25, -0.2) is 0 Å². The van der Waals surface area contributed by atoms with Crippen LogP contribution in [0, 0.1) is 0 Å². The molecule has 114 valence electrons. The lowest BCUT2D eigenvalue weighted by molar-refractivity contribution is -0.133. The second-order valence-electron chi connectivity index (χ2n) is 5.57. The van der Waals surface area contributed by atoms with E-state index in [9.17, 15) is 9.59 Å². The van der Waals surface area contributed by atoms with Crippen molar-refractivity contribution in [1.29, 1.82) is 0 Å². The first kappa shape index (κ1) is 15.5. The molecule has 1 aromatic rings. The Morgan fingerprint density at radius 2 is 1.71 bits per heavy atom. The molecule has 0 aliphatic carbocycles. The molecule has 2 saturated heterocycles. The zero-order chi connectivity index (χ0) is 14.9. The smallest absolute Gasteiger partial charge is 0.222 e. The number of hydrogen-bond acceptors (Lipinski definition) is 2. The van der Waals surface area contributed by atoms with E-state index in [4.69, 9.17) is 0 Å². The van der Waals surface area contributed by atoms with E-state index in [0.29, 0.717) is 5.91 Å². The minimum absolute atomic E-state index is 0.214. The highest BCUT2D eigenvalue weighted by Crippen LogP contribution is 2.13. The zero-order valence-electron chi connectivity index (χ0n) is 12.5. The third-order valence-electron chi connectivity index (χ3n) is 3.79. The number of nitrogens with one attached hydrogen (secondary N) is 1. The third kappa shape index (κ3) is 5.58. The van der Waals surface area contributed by atoms with E-state index in [1.54, 1.807) is 0 Å². The summed E-state index contributed by atoms with van der Waals surface area (Å²) in [5, 5.41) is 2.74. The molecule has 2 fully saturated rings. The number of nitrogens with zero attached hydrogens (tertiary/aromatic N) is 1. The van der Waals surface area contributed by atoms with Gasteiger partial charge in [-0.05, 0) is 31.2 Å². The Morgan fingerprint density at radius 3 is 2.29 bits per heavy atom. The summed E-state index contributed by atoms with van der Waals surface area (Å²) in [6, 6.07) is 10.2. The van der Waals surface area contributed by atoms with Gasteiger partial charge in [0.1, 0.15) is 0 Å². The first-order valence-electron chi connectivity index (χ1n) is 7.84. The fraction of sp³-hybridized carbons (Fsp3) is 0.529. The van der Waals surface area contributed by atoms with Crippen LogP contribution in [-0.2, 0) is 16.1 Å². The number of carbonyl (C=O) groups is 2. The normalized spacial score (nSPS) is 18.6. The minimum atomic E-state index is 0.214. The van der Waals surface area contributed by atoms with Crippen molar-refractivity contribution in [3.05, 3.63) is 35.9 Å². The summed E-state index contributed by atoms with van der Waals surface area (Å²) in [6.45, 7) is 2.59. The first-order valence-corrected chi connectivity index (χ1v) is 7.84. The van der Waals surface area contributed by atoms with E-state index < -0.39 is 0 Å². The SMILES string of the molecule is O=C1CCCCN1.O=C1CCCCN1Cc1ccccc1. The molecule has 0 unspecified atom stereocenters. The summed E-state index contributed by atoms with van der Waals surface area (Å²) in [5.74, 6) is 0.520. The van der Waals surface area contributed by atoms with Crippen molar-refractivity contribution in [2.24, 2.45) is 0 Å². The number of rotatable bonds is 2. The van der Waals surface area contributed by atoms with E-state index in [1.807, 2.05) is 23.1 Å². The van der Waals surface area contributed by atoms with Crippen LogP contribution in [0.5, 0.6) is 0 Å². The molecule has 2 amide bonds. The van der Waals surface area contributed by atoms with Crippen LogP contribution in [0.25, 0.3) is 0 Å². The molecule has 1 N–H and O–H groups in total. The number of piperidine rings is 2. The lowest BCUT2D eigenvalue weighted by Gasteiger charge is -2.26. The molecule has 2 heterocycles. The molecular formula is C17H24N2O2.